The molecule has 1 atom stereocenters. The molecule has 0 aliphatic carbocycles. The molecular weight excluding hydrogens is 522 g/mol. The van der Waals surface area contributed by atoms with Crippen LogP contribution in [-0.4, -0.2) is 40.0 Å². The fraction of sp³-hybridized carbons (Fsp3) is 0.143. The zero-order chi connectivity index (χ0) is 24.2. The summed E-state index contributed by atoms with van der Waals surface area (Å²) in [4.78, 5) is 0. The zero-order valence-electron chi connectivity index (χ0n) is 19.2. The van der Waals surface area contributed by atoms with E-state index in [2.05, 4.69) is 121 Å². The molecule has 4 rings (SSSR count). The summed E-state index contributed by atoms with van der Waals surface area (Å²) in [6.45, 7) is 0. The van der Waals surface area contributed by atoms with Gasteiger partial charge in [0.25, 0.3) is 10.1 Å². The van der Waals surface area contributed by atoms with Crippen LogP contribution in [0.1, 0.15) is 16.8 Å². The van der Waals surface area contributed by atoms with Crippen molar-refractivity contribution in [3.05, 3.63) is 132 Å². The molecule has 3 nitrogen and oxygen atoms in total. The van der Waals surface area contributed by atoms with E-state index in [1.54, 1.807) is 8.70 Å². The van der Waals surface area contributed by atoms with E-state index in [0.29, 0.717) is 11.9 Å². The first kappa shape index (κ1) is 26.4. The van der Waals surface area contributed by atoms with E-state index in [1.165, 1.54) is 22.5 Å². The van der Waals surface area contributed by atoms with E-state index in [0.717, 1.165) is 8.58 Å². The topological polar surface area (TPSA) is 54.4 Å². The number of hydrogen-bond donors (Lipinski definition) is 1. The summed E-state index contributed by atoms with van der Waals surface area (Å²) in [5, 5.41) is 1.32. The van der Waals surface area contributed by atoms with Crippen LogP contribution in [0, 0.1) is 0 Å². The van der Waals surface area contributed by atoms with E-state index in [-0.39, 0.29) is 0 Å². The molecule has 0 spiro atoms. The van der Waals surface area contributed by atoms with Crippen molar-refractivity contribution in [2.45, 2.75) is 10.9 Å². The standard InChI is InChI=1S/C27H26AsP.CH4O3S/c1-5-13-23(14-6-1)27(24-15-7-2-8-16-24)29-22-21-28(25-17-9-3-10-18-25)26-19-11-4-12-20-26;1-5(2,3)4/h1-20,27,29H,21-22H2;1H3,(H,2,3,4). The molecule has 0 radical (unpaired) electrons. The minimum absolute atomic E-state index is 0.500. The van der Waals surface area contributed by atoms with Gasteiger partial charge in [-0.25, -0.2) is 0 Å². The average Bonchev–Trinajstić information content (AvgIpc) is 2.85. The molecule has 0 saturated carbocycles. The SMILES string of the molecule is CS(=O)(=O)O.c1ccc(C(PCC[As](c2ccccc2)c2ccccc2)c2ccccc2)cc1. The van der Waals surface area contributed by atoms with Crippen LogP contribution in [0.3, 0.4) is 0 Å². The molecule has 0 aromatic heterocycles. The Hall–Kier alpha value is -2.22. The van der Waals surface area contributed by atoms with Crippen molar-refractivity contribution in [1.82, 2.24) is 0 Å². The van der Waals surface area contributed by atoms with Crippen LogP contribution in [0.2, 0.25) is 5.21 Å². The molecule has 0 bridgehead atoms. The first-order valence-electron chi connectivity index (χ1n) is 11.0. The molecular formula is C28H30AsO3PS. The second-order valence-electron chi connectivity index (χ2n) is 7.76. The van der Waals surface area contributed by atoms with Gasteiger partial charge in [-0.15, -0.1) is 0 Å². The second kappa shape index (κ2) is 13.6. The third-order valence-corrected chi connectivity index (χ3v) is 12.9. The summed E-state index contributed by atoms with van der Waals surface area (Å²) in [6.07, 6.45) is 1.99. The van der Waals surface area contributed by atoms with Gasteiger partial charge in [0, 0.05) is 0 Å². The third kappa shape index (κ3) is 9.20. The maximum absolute atomic E-state index is 9.19. The predicted molar refractivity (Wildman–Crippen MR) is 148 cm³/mol. The molecule has 4 aromatic rings. The van der Waals surface area contributed by atoms with Gasteiger partial charge in [0.2, 0.25) is 0 Å². The van der Waals surface area contributed by atoms with Crippen LogP contribution in [0.25, 0.3) is 0 Å². The summed E-state index contributed by atoms with van der Waals surface area (Å²) in [6, 6.07) is 44.4. The summed E-state index contributed by atoms with van der Waals surface area (Å²) in [7, 11) is -2.77. The monoisotopic (exact) mass is 552 g/mol. The summed E-state index contributed by atoms with van der Waals surface area (Å²) in [5.74, 6) is 0. The summed E-state index contributed by atoms with van der Waals surface area (Å²) >= 11 is -1.27. The molecule has 0 aliphatic heterocycles. The van der Waals surface area contributed by atoms with Crippen molar-refractivity contribution < 1.29 is 13.0 Å². The van der Waals surface area contributed by atoms with Crippen LogP contribution in [0.5, 0.6) is 0 Å². The molecule has 0 aliphatic rings. The zero-order valence-corrected chi connectivity index (χ0v) is 22.9. The number of rotatable bonds is 8. The third-order valence-electron chi connectivity index (χ3n) is 5.09. The molecule has 1 unspecified atom stereocenters. The Bertz CT molecular complexity index is 1040. The molecule has 0 heterocycles. The summed E-state index contributed by atoms with van der Waals surface area (Å²) < 4.78 is 29.0. The van der Waals surface area contributed by atoms with E-state index in [1.807, 2.05) is 0 Å². The molecule has 1 N–H and O–H groups in total. The van der Waals surface area contributed by atoms with Crippen molar-refractivity contribution in [2.24, 2.45) is 0 Å². The Morgan fingerprint density at radius 2 is 1.00 bits per heavy atom. The first-order chi connectivity index (χ1) is 16.4. The fourth-order valence-corrected chi connectivity index (χ4v) is 11.3. The minimum atomic E-state index is -3.67. The van der Waals surface area contributed by atoms with Gasteiger partial charge in [-0.1, -0.05) is 0 Å². The first-order valence-corrected chi connectivity index (χ1v) is 17.4. The molecule has 0 fully saturated rings. The molecule has 4 aromatic carbocycles. The van der Waals surface area contributed by atoms with E-state index in [9.17, 15) is 8.42 Å². The van der Waals surface area contributed by atoms with E-state index >= 15 is 0 Å². The van der Waals surface area contributed by atoms with Crippen molar-refractivity contribution in [1.29, 1.82) is 0 Å². The fourth-order valence-electron chi connectivity index (χ4n) is 3.66. The van der Waals surface area contributed by atoms with Crippen LogP contribution in [0.4, 0.5) is 0 Å². The van der Waals surface area contributed by atoms with Gasteiger partial charge in [0.1, 0.15) is 0 Å². The molecule has 6 heteroatoms. The predicted octanol–water partition coefficient (Wildman–Crippen LogP) is 5.27. The molecule has 0 saturated heterocycles. The van der Waals surface area contributed by atoms with Crippen molar-refractivity contribution in [2.75, 3.05) is 12.4 Å². The Balaban J connectivity index is 0.000000588. The Labute approximate surface area is 210 Å². The van der Waals surface area contributed by atoms with Gasteiger partial charge in [-0.2, -0.15) is 8.42 Å². The maximum atomic E-state index is 9.19. The quantitative estimate of drug-likeness (QED) is 0.184. The Morgan fingerprint density at radius 1 is 0.676 bits per heavy atom. The van der Waals surface area contributed by atoms with Crippen molar-refractivity contribution in [3.8, 4) is 0 Å². The molecule has 34 heavy (non-hydrogen) atoms. The van der Waals surface area contributed by atoms with Gasteiger partial charge >= 0.3 is 181 Å². The van der Waals surface area contributed by atoms with Crippen molar-refractivity contribution >= 4 is 42.1 Å². The van der Waals surface area contributed by atoms with Gasteiger partial charge < -0.3 is 0 Å². The van der Waals surface area contributed by atoms with Gasteiger partial charge in [0.05, 0.1) is 6.26 Å². The van der Waals surface area contributed by atoms with Crippen LogP contribution in [-0.2, 0) is 10.1 Å². The Kier molecular flexibility index (Phi) is 10.6. The van der Waals surface area contributed by atoms with Gasteiger partial charge in [0.15, 0.2) is 0 Å². The number of hydrogen-bond acceptors (Lipinski definition) is 2. The second-order valence-corrected chi connectivity index (χ2v) is 15.6. The number of benzene rings is 4. The van der Waals surface area contributed by atoms with Crippen LogP contribution in [0.15, 0.2) is 121 Å². The summed E-state index contributed by atoms with van der Waals surface area (Å²) in [5.41, 5.74) is 3.38. The van der Waals surface area contributed by atoms with E-state index in [4.69, 9.17) is 4.55 Å². The van der Waals surface area contributed by atoms with Crippen LogP contribution < -0.4 is 8.70 Å². The normalized spacial score (nSPS) is 11.5. The van der Waals surface area contributed by atoms with Crippen molar-refractivity contribution in [3.63, 3.8) is 0 Å². The Morgan fingerprint density at radius 3 is 1.35 bits per heavy atom. The average molecular weight is 553 g/mol. The van der Waals surface area contributed by atoms with Gasteiger partial charge in [-0.05, 0) is 0 Å². The molecule has 176 valence electrons. The van der Waals surface area contributed by atoms with Crippen LogP contribution >= 0.6 is 8.58 Å². The molecule has 0 amide bonds. The van der Waals surface area contributed by atoms with Gasteiger partial charge in [-0.3, -0.25) is 4.55 Å². The van der Waals surface area contributed by atoms with E-state index < -0.39 is 24.8 Å².